The number of thiocarbonyl (C=S) groups is 1. The summed E-state index contributed by atoms with van der Waals surface area (Å²) in [5.41, 5.74) is 5.44. The number of hydrogen-bond donors (Lipinski definition) is 1. The first kappa shape index (κ1) is 15.3. The van der Waals surface area contributed by atoms with Crippen LogP contribution >= 0.6 is 12.2 Å². The van der Waals surface area contributed by atoms with Crippen LogP contribution in [0.3, 0.4) is 0 Å². The molecule has 4 nitrogen and oxygen atoms in total. The molecule has 16 heavy (non-hydrogen) atoms. The molecule has 0 bridgehead atoms. The third-order valence-corrected chi connectivity index (χ3v) is 2.41. The number of amides is 1. The van der Waals surface area contributed by atoms with E-state index in [1.165, 1.54) is 0 Å². The van der Waals surface area contributed by atoms with Gasteiger partial charge in [-0.25, -0.2) is 0 Å². The SMILES string of the molecule is COCCCN(CCC(N)=S)C(=O)C(C)C. The molecular weight excluding hydrogens is 224 g/mol. The lowest BCUT2D eigenvalue weighted by atomic mass is 10.2. The van der Waals surface area contributed by atoms with Gasteiger partial charge in [-0.15, -0.1) is 0 Å². The quantitative estimate of drug-likeness (QED) is 0.516. The van der Waals surface area contributed by atoms with Gasteiger partial charge in [-0.2, -0.15) is 0 Å². The predicted octanol–water partition coefficient (Wildman–Crippen LogP) is 1.18. The van der Waals surface area contributed by atoms with Crippen LogP contribution in [0.4, 0.5) is 0 Å². The van der Waals surface area contributed by atoms with Gasteiger partial charge in [0.15, 0.2) is 0 Å². The van der Waals surface area contributed by atoms with E-state index in [2.05, 4.69) is 0 Å². The fraction of sp³-hybridized carbons (Fsp3) is 0.818. The van der Waals surface area contributed by atoms with Gasteiger partial charge in [0.05, 0.1) is 4.99 Å². The largest absolute Gasteiger partial charge is 0.393 e. The maximum absolute atomic E-state index is 11.9. The van der Waals surface area contributed by atoms with Crippen LogP contribution in [-0.4, -0.2) is 42.6 Å². The molecule has 0 aliphatic carbocycles. The predicted molar refractivity (Wildman–Crippen MR) is 69.3 cm³/mol. The lowest BCUT2D eigenvalue weighted by Crippen LogP contribution is -2.37. The van der Waals surface area contributed by atoms with Crippen molar-refractivity contribution in [2.24, 2.45) is 11.7 Å². The van der Waals surface area contributed by atoms with E-state index < -0.39 is 0 Å². The summed E-state index contributed by atoms with van der Waals surface area (Å²) < 4.78 is 4.97. The Balaban J connectivity index is 4.15. The topological polar surface area (TPSA) is 55.6 Å². The zero-order chi connectivity index (χ0) is 12.6. The second-order valence-electron chi connectivity index (χ2n) is 4.04. The summed E-state index contributed by atoms with van der Waals surface area (Å²) in [6.45, 7) is 5.76. The van der Waals surface area contributed by atoms with Crippen LogP contribution in [0.1, 0.15) is 26.7 Å². The van der Waals surface area contributed by atoms with Crippen LogP contribution in [0, 0.1) is 5.92 Å². The van der Waals surface area contributed by atoms with E-state index in [1.54, 1.807) is 7.11 Å². The van der Waals surface area contributed by atoms with Gasteiger partial charge >= 0.3 is 0 Å². The minimum Gasteiger partial charge on any atom is -0.393 e. The van der Waals surface area contributed by atoms with Crippen molar-refractivity contribution >= 4 is 23.1 Å². The van der Waals surface area contributed by atoms with Gasteiger partial charge in [-0.1, -0.05) is 26.1 Å². The molecule has 2 N–H and O–H groups in total. The molecular formula is C11H22N2O2S. The third kappa shape index (κ3) is 6.74. The van der Waals surface area contributed by atoms with Gasteiger partial charge in [0, 0.05) is 39.1 Å². The molecule has 0 saturated heterocycles. The van der Waals surface area contributed by atoms with Crippen LogP contribution in [0.5, 0.6) is 0 Å². The lowest BCUT2D eigenvalue weighted by Gasteiger charge is -2.24. The van der Waals surface area contributed by atoms with Gasteiger partial charge in [-0.3, -0.25) is 4.79 Å². The number of nitrogens with zero attached hydrogens (tertiary/aromatic N) is 1. The van der Waals surface area contributed by atoms with E-state index in [4.69, 9.17) is 22.7 Å². The molecule has 0 aromatic carbocycles. The lowest BCUT2D eigenvalue weighted by molar-refractivity contribution is -0.134. The molecule has 0 unspecified atom stereocenters. The van der Waals surface area contributed by atoms with Crippen molar-refractivity contribution in [1.82, 2.24) is 4.90 Å². The number of ether oxygens (including phenoxy) is 1. The molecule has 0 radical (unpaired) electrons. The highest BCUT2D eigenvalue weighted by Gasteiger charge is 2.16. The van der Waals surface area contributed by atoms with Crippen LogP contribution in [0.15, 0.2) is 0 Å². The number of carbonyl (C=O) groups is 1. The monoisotopic (exact) mass is 246 g/mol. The van der Waals surface area contributed by atoms with Gasteiger partial charge < -0.3 is 15.4 Å². The van der Waals surface area contributed by atoms with Crippen molar-refractivity contribution in [3.8, 4) is 0 Å². The summed E-state index contributed by atoms with van der Waals surface area (Å²) in [6, 6.07) is 0. The Bertz CT molecular complexity index is 232. The molecule has 0 atom stereocenters. The zero-order valence-corrected chi connectivity index (χ0v) is 11.2. The first-order chi connectivity index (χ1) is 7.49. The Kier molecular flexibility index (Phi) is 8.11. The summed E-state index contributed by atoms with van der Waals surface area (Å²) in [6.07, 6.45) is 1.42. The summed E-state index contributed by atoms with van der Waals surface area (Å²) in [7, 11) is 1.66. The fourth-order valence-corrected chi connectivity index (χ4v) is 1.43. The molecule has 5 heteroatoms. The Morgan fingerprint density at radius 2 is 2.06 bits per heavy atom. The van der Waals surface area contributed by atoms with Crippen LogP contribution in [-0.2, 0) is 9.53 Å². The molecule has 0 aliphatic heterocycles. The molecule has 0 aromatic rings. The van der Waals surface area contributed by atoms with E-state index in [1.807, 2.05) is 18.7 Å². The molecule has 1 amide bonds. The van der Waals surface area contributed by atoms with Gasteiger partial charge in [-0.05, 0) is 6.42 Å². The van der Waals surface area contributed by atoms with Crippen LogP contribution in [0.2, 0.25) is 0 Å². The van der Waals surface area contributed by atoms with Crippen molar-refractivity contribution in [2.45, 2.75) is 26.7 Å². The van der Waals surface area contributed by atoms with Crippen molar-refractivity contribution in [1.29, 1.82) is 0 Å². The number of hydrogen-bond acceptors (Lipinski definition) is 3. The smallest absolute Gasteiger partial charge is 0.225 e. The van der Waals surface area contributed by atoms with E-state index in [0.717, 1.165) is 6.42 Å². The molecule has 0 heterocycles. The standard InChI is InChI=1S/C11H22N2O2S/c1-9(2)11(14)13(6-4-8-15-3)7-5-10(12)16/h9H,4-8H2,1-3H3,(H2,12,16). The Labute approximate surface area is 103 Å². The second kappa shape index (κ2) is 8.47. The van der Waals surface area contributed by atoms with Crippen LogP contribution in [0.25, 0.3) is 0 Å². The highest BCUT2D eigenvalue weighted by Crippen LogP contribution is 2.04. The number of nitrogens with two attached hydrogens (primary N) is 1. The molecule has 0 rings (SSSR count). The Hall–Kier alpha value is -0.680. The maximum atomic E-state index is 11.9. The summed E-state index contributed by atoms with van der Waals surface area (Å²) in [5, 5.41) is 0. The normalized spacial score (nSPS) is 10.5. The van der Waals surface area contributed by atoms with Crippen molar-refractivity contribution in [3.05, 3.63) is 0 Å². The average molecular weight is 246 g/mol. The highest BCUT2D eigenvalue weighted by molar-refractivity contribution is 7.80. The third-order valence-electron chi connectivity index (χ3n) is 2.21. The molecule has 94 valence electrons. The Morgan fingerprint density at radius 3 is 2.50 bits per heavy atom. The van der Waals surface area contributed by atoms with Crippen molar-refractivity contribution in [3.63, 3.8) is 0 Å². The second-order valence-corrected chi connectivity index (χ2v) is 4.57. The van der Waals surface area contributed by atoms with E-state index >= 15 is 0 Å². The van der Waals surface area contributed by atoms with Crippen molar-refractivity contribution < 1.29 is 9.53 Å². The summed E-state index contributed by atoms with van der Waals surface area (Å²) >= 11 is 4.82. The summed E-state index contributed by atoms with van der Waals surface area (Å²) in [4.78, 5) is 14.1. The zero-order valence-electron chi connectivity index (χ0n) is 10.4. The number of methoxy groups -OCH3 is 1. The van der Waals surface area contributed by atoms with Crippen LogP contribution < -0.4 is 5.73 Å². The minimum atomic E-state index is 0.00823. The number of carbonyl (C=O) groups excluding carboxylic acids is 1. The number of rotatable bonds is 8. The first-order valence-corrected chi connectivity index (χ1v) is 5.96. The Morgan fingerprint density at radius 1 is 1.44 bits per heavy atom. The average Bonchev–Trinajstić information content (AvgIpc) is 2.21. The highest BCUT2D eigenvalue weighted by atomic mass is 32.1. The summed E-state index contributed by atoms with van der Waals surface area (Å²) in [5.74, 6) is 0.154. The van der Waals surface area contributed by atoms with E-state index in [9.17, 15) is 4.79 Å². The van der Waals surface area contributed by atoms with Crippen molar-refractivity contribution in [2.75, 3.05) is 26.8 Å². The minimum absolute atomic E-state index is 0.00823. The molecule has 0 aliphatic rings. The maximum Gasteiger partial charge on any atom is 0.225 e. The molecule has 0 saturated carbocycles. The molecule has 0 aromatic heterocycles. The van der Waals surface area contributed by atoms with E-state index in [0.29, 0.717) is 31.1 Å². The van der Waals surface area contributed by atoms with E-state index in [-0.39, 0.29) is 11.8 Å². The van der Waals surface area contributed by atoms with Gasteiger partial charge in [0.25, 0.3) is 0 Å². The molecule has 0 fully saturated rings. The fourth-order valence-electron chi connectivity index (χ4n) is 1.34. The molecule has 0 spiro atoms. The first-order valence-electron chi connectivity index (χ1n) is 5.55. The van der Waals surface area contributed by atoms with Gasteiger partial charge in [0.2, 0.25) is 5.91 Å². The van der Waals surface area contributed by atoms with Gasteiger partial charge in [0.1, 0.15) is 0 Å².